The molecule has 4 rings (SSSR count). The van der Waals surface area contributed by atoms with Gasteiger partial charge in [-0.05, 0) is 18.2 Å². The van der Waals surface area contributed by atoms with Crippen LogP contribution in [0.3, 0.4) is 0 Å². The lowest BCUT2D eigenvalue weighted by Crippen LogP contribution is -2.26. The number of aryl methyl sites for hydroxylation is 1. The van der Waals surface area contributed by atoms with Crippen LogP contribution in [-0.4, -0.2) is 32.0 Å². The Kier molecular flexibility index (Phi) is 2.77. The van der Waals surface area contributed by atoms with Crippen molar-refractivity contribution in [2.75, 3.05) is 12.3 Å². The number of hydrogen-bond donors (Lipinski definition) is 2. The Morgan fingerprint density at radius 3 is 3.14 bits per heavy atom. The zero-order valence-corrected chi connectivity index (χ0v) is 12.2. The van der Waals surface area contributed by atoms with Crippen molar-refractivity contribution in [3.8, 4) is 0 Å². The molecule has 22 heavy (non-hydrogen) atoms. The van der Waals surface area contributed by atoms with Gasteiger partial charge in [-0.1, -0.05) is 0 Å². The highest BCUT2D eigenvalue weighted by molar-refractivity contribution is 6.01. The molecule has 0 saturated heterocycles. The molecule has 0 fully saturated rings. The molecule has 1 aliphatic rings. The molecule has 0 amide bonds. The van der Waals surface area contributed by atoms with Crippen molar-refractivity contribution in [1.29, 1.82) is 0 Å². The van der Waals surface area contributed by atoms with E-state index in [0.717, 1.165) is 29.6 Å². The second kappa shape index (κ2) is 4.67. The summed E-state index contributed by atoms with van der Waals surface area (Å²) < 4.78 is 3.17. The van der Waals surface area contributed by atoms with Crippen LogP contribution < -0.4 is 11.1 Å². The molecule has 0 bridgehead atoms. The number of hydrogen-bond acceptors (Lipinski definition) is 5. The molecular formula is C15H16N6O. The summed E-state index contributed by atoms with van der Waals surface area (Å²) >= 11 is 0. The van der Waals surface area contributed by atoms with E-state index in [4.69, 9.17) is 5.73 Å². The second-order valence-electron chi connectivity index (χ2n) is 5.50. The van der Waals surface area contributed by atoms with E-state index in [1.807, 2.05) is 13.1 Å². The van der Waals surface area contributed by atoms with E-state index in [1.165, 1.54) is 4.68 Å². The minimum absolute atomic E-state index is 0.221. The third-order valence-electron chi connectivity index (χ3n) is 4.11. The molecule has 7 nitrogen and oxygen atoms in total. The van der Waals surface area contributed by atoms with Gasteiger partial charge in [0.15, 0.2) is 5.69 Å². The van der Waals surface area contributed by atoms with Gasteiger partial charge in [-0.25, -0.2) is 0 Å². The Labute approximate surface area is 126 Å². The fraction of sp³-hybridized carbons (Fsp3) is 0.267. The number of carbonyl (C=O) groups is 1. The Bertz CT molecular complexity index is 891. The van der Waals surface area contributed by atoms with Gasteiger partial charge in [0.05, 0.1) is 11.7 Å². The van der Waals surface area contributed by atoms with Crippen molar-refractivity contribution >= 4 is 22.5 Å². The predicted molar refractivity (Wildman–Crippen MR) is 82.5 cm³/mol. The maximum atomic E-state index is 12.9. The summed E-state index contributed by atoms with van der Waals surface area (Å²) in [5.41, 5.74) is 9.66. The number of nitrogens with zero attached hydrogens (tertiary/aromatic N) is 4. The van der Waals surface area contributed by atoms with Gasteiger partial charge >= 0.3 is 0 Å². The number of rotatable bonds is 1. The first kappa shape index (κ1) is 13.0. The first-order valence-corrected chi connectivity index (χ1v) is 7.18. The number of carbonyl (C=O) groups excluding carboxylic acids is 1. The van der Waals surface area contributed by atoms with Gasteiger partial charge in [0.25, 0.3) is 5.91 Å². The number of fused-ring (bicyclic) bond motifs is 2. The molecule has 3 aromatic rings. The molecule has 0 unspecified atom stereocenters. The normalized spacial score (nSPS) is 14.2. The van der Waals surface area contributed by atoms with Crippen LogP contribution in [0.4, 0.5) is 5.69 Å². The lowest BCUT2D eigenvalue weighted by atomic mass is 10.1. The van der Waals surface area contributed by atoms with Gasteiger partial charge in [0.1, 0.15) is 0 Å². The highest BCUT2D eigenvalue weighted by atomic mass is 16.2. The molecule has 112 valence electrons. The summed E-state index contributed by atoms with van der Waals surface area (Å²) in [5.74, 6) is -0.221. The van der Waals surface area contributed by atoms with Gasteiger partial charge in [-0.3, -0.25) is 9.48 Å². The molecule has 0 radical (unpaired) electrons. The van der Waals surface area contributed by atoms with E-state index < -0.39 is 0 Å². The third kappa shape index (κ3) is 1.82. The van der Waals surface area contributed by atoms with Gasteiger partial charge in [-0.15, -0.1) is 0 Å². The zero-order valence-electron chi connectivity index (χ0n) is 12.2. The molecule has 1 aromatic carbocycles. The van der Waals surface area contributed by atoms with E-state index in [0.29, 0.717) is 23.4 Å². The maximum absolute atomic E-state index is 12.9. The average molecular weight is 296 g/mol. The van der Waals surface area contributed by atoms with E-state index in [1.54, 1.807) is 23.0 Å². The first-order valence-electron chi connectivity index (χ1n) is 7.18. The molecule has 2 aromatic heterocycles. The number of nitrogen functional groups attached to an aromatic ring is 1. The molecule has 7 heteroatoms. The van der Waals surface area contributed by atoms with Crippen molar-refractivity contribution in [1.82, 2.24) is 24.9 Å². The van der Waals surface area contributed by atoms with Crippen molar-refractivity contribution in [2.24, 2.45) is 7.05 Å². The lowest BCUT2D eigenvalue weighted by molar-refractivity contribution is 0.0943. The van der Waals surface area contributed by atoms with E-state index in [2.05, 4.69) is 15.5 Å². The van der Waals surface area contributed by atoms with Crippen molar-refractivity contribution < 1.29 is 4.79 Å². The summed E-state index contributed by atoms with van der Waals surface area (Å²) in [4.78, 5) is 12.9. The SMILES string of the molecule is Cn1nc(C(=O)n2ncc3ccc(N)cc32)c2c1CCNC2. The van der Waals surface area contributed by atoms with Gasteiger partial charge in [0, 0.05) is 48.9 Å². The monoisotopic (exact) mass is 296 g/mol. The largest absolute Gasteiger partial charge is 0.399 e. The predicted octanol–water partition coefficient (Wildman–Crippen LogP) is 0.686. The van der Waals surface area contributed by atoms with Gasteiger partial charge < -0.3 is 11.1 Å². The van der Waals surface area contributed by atoms with Gasteiger partial charge in [0.2, 0.25) is 0 Å². The first-order chi connectivity index (χ1) is 10.6. The zero-order chi connectivity index (χ0) is 15.3. The van der Waals surface area contributed by atoms with Crippen molar-refractivity contribution in [2.45, 2.75) is 13.0 Å². The molecule has 3 heterocycles. The number of benzene rings is 1. The lowest BCUT2D eigenvalue weighted by Gasteiger charge is -2.14. The summed E-state index contributed by atoms with van der Waals surface area (Å²) in [7, 11) is 1.88. The molecular weight excluding hydrogens is 280 g/mol. The fourth-order valence-electron chi connectivity index (χ4n) is 2.99. The Hall–Kier alpha value is -2.67. The second-order valence-corrected chi connectivity index (χ2v) is 5.50. The third-order valence-corrected chi connectivity index (χ3v) is 4.11. The van der Waals surface area contributed by atoms with E-state index in [-0.39, 0.29) is 5.91 Å². The van der Waals surface area contributed by atoms with Crippen LogP contribution in [-0.2, 0) is 20.0 Å². The standard InChI is InChI=1S/C15H16N6O/c1-20-12-4-5-17-8-11(12)14(19-20)15(22)21-13-6-10(16)3-2-9(13)7-18-21/h2-3,6-7,17H,4-5,8,16H2,1H3. The molecule has 0 saturated carbocycles. The van der Waals surface area contributed by atoms with Crippen LogP contribution in [0, 0.1) is 0 Å². The topological polar surface area (TPSA) is 90.8 Å². The summed E-state index contributed by atoms with van der Waals surface area (Å²) in [6.07, 6.45) is 2.54. The number of anilines is 1. The fourth-order valence-corrected chi connectivity index (χ4v) is 2.99. The van der Waals surface area contributed by atoms with Crippen molar-refractivity contribution in [3.05, 3.63) is 41.3 Å². The molecule has 1 aliphatic heterocycles. The summed E-state index contributed by atoms with van der Waals surface area (Å²) in [5, 5.41) is 12.8. The van der Waals surface area contributed by atoms with Crippen LogP contribution >= 0.6 is 0 Å². The van der Waals surface area contributed by atoms with Crippen LogP contribution in [0.15, 0.2) is 24.4 Å². The highest BCUT2D eigenvalue weighted by Crippen LogP contribution is 2.22. The molecule has 3 N–H and O–H groups in total. The van der Waals surface area contributed by atoms with Crippen molar-refractivity contribution in [3.63, 3.8) is 0 Å². The molecule has 0 spiro atoms. The molecule has 0 atom stereocenters. The minimum atomic E-state index is -0.221. The minimum Gasteiger partial charge on any atom is -0.399 e. The number of nitrogens with one attached hydrogen (secondary N) is 1. The number of nitrogens with two attached hydrogens (primary N) is 1. The van der Waals surface area contributed by atoms with Crippen LogP contribution in [0.2, 0.25) is 0 Å². The van der Waals surface area contributed by atoms with Gasteiger partial charge in [-0.2, -0.15) is 14.9 Å². The highest BCUT2D eigenvalue weighted by Gasteiger charge is 2.25. The smallest absolute Gasteiger partial charge is 0.299 e. The van der Waals surface area contributed by atoms with Crippen LogP contribution in [0.5, 0.6) is 0 Å². The number of aromatic nitrogens is 4. The Balaban J connectivity index is 1.86. The maximum Gasteiger partial charge on any atom is 0.299 e. The van der Waals surface area contributed by atoms with Crippen LogP contribution in [0.1, 0.15) is 21.7 Å². The molecule has 0 aliphatic carbocycles. The summed E-state index contributed by atoms with van der Waals surface area (Å²) in [6.45, 7) is 1.56. The quantitative estimate of drug-likeness (QED) is 0.645. The Morgan fingerprint density at radius 2 is 2.27 bits per heavy atom. The van der Waals surface area contributed by atoms with E-state index in [9.17, 15) is 4.79 Å². The summed E-state index contributed by atoms with van der Waals surface area (Å²) in [6, 6.07) is 5.41. The average Bonchev–Trinajstić information content (AvgIpc) is 3.08. The van der Waals surface area contributed by atoms with E-state index >= 15 is 0 Å². The Morgan fingerprint density at radius 1 is 1.41 bits per heavy atom. The van der Waals surface area contributed by atoms with Crippen LogP contribution in [0.25, 0.3) is 10.9 Å².